The number of anilines is 1. The summed E-state index contributed by atoms with van der Waals surface area (Å²) in [5.41, 5.74) is 7.34. The fourth-order valence-corrected chi connectivity index (χ4v) is 3.66. The highest BCUT2D eigenvalue weighted by Crippen LogP contribution is 2.33. The van der Waals surface area contributed by atoms with Gasteiger partial charge in [-0.15, -0.1) is 9.24 Å². The van der Waals surface area contributed by atoms with E-state index in [0.29, 0.717) is 23.6 Å². The normalized spacial score (nSPS) is 12.4. The third kappa shape index (κ3) is 4.21. The van der Waals surface area contributed by atoms with Crippen molar-refractivity contribution in [1.82, 2.24) is 19.5 Å². The molecule has 0 bridgehead atoms. The summed E-state index contributed by atoms with van der Waals surface area (Å²) in [5, 5.41) is 0.717. The molecule has 7 nitrogen and oxygen atoms in total. The van der Waals surface area contributed by atoms with Crippen LogP contribution in [-0.4, -0.2) is 39.1 Å². The zero-order chi connectivity index (χ0) is 17.8. The van der Waals surface area contributed by atoms with Crippen molar-refractivity contribution in [3.05, 3.63) is 30.6 Å². The summed E-state index contributed by atoms with van der Waals surface area (Å²) in [6.45, 7) is 2.65. The van der Waals surface area contributed by atoms with Crippen molar-refractivity contribution in [2.45, 2.75) is 29.5 Å². The molecule has 2 unspecified atom stereocenters. The number of aromatic nitrogens is 4. The fraction of sp³-hybridized carbons (Fsp3) is 0.312. The fourth-order valence-electron chi connectivity index (χ4n) is 2.41. The first-order chi connectivity index (χ1) is 12.1. The predicted octanol–water partition coefficient (Wildman–Crippen LogP) is 2.81. The molecule has 132 valence electrons. The van der Waals surface area contributed by atoms with Crippen molar-refractivity contribution in [3.8, 4) is 5.75 Å². The van der Waals surface area contributed by atoms with E-state index in [1.165, 1.54) is 11.8 Å². The minimum absolute atomic E-state index is 0.0422. The highest BCUT2D eigenvalue weighted by molar-refractivity contribution is 7.99. The highest BCUT2D eigenvalue weighted by atomic mass is 32.2. The molecule has 0 amide bonds. The molecule has 0 saturated heterocycles. The van der Waals surface area contributed by atoms with Crippen LogP contribution in [0, 0.1) is 0 Å². The summed E-state index contributed by atoms with van der Waals surface area (Å²) < 4.78 is 12.8. The number of rotatable bonds is 7. The van der Waals surface area contributed by atoms with Crippen LogP contribution in [0.25, 0.3) is 11.2 Å². The van der Waals surface area contributed by atoms with Gasteiger partial charge < -0.3 is 19.8 Å². The molecule has 0 fully saturated rings. The lowest BCUT2D eigenvalue weighted by Crippen LogP contribution is -2.15. The number of benzene rings is 1. The average Bonchev–Trinajstić information content (AvgIpc) is 2.98. The van der Waals surface area contributed by atoms with E-state index in [1.807, 2.05) is 35.8 Å². The largest absolute Gasteiger partial charge is 0.497 e. The van der Waals surface area contributed by atoms with Gasteiger partial charge in [0.25, 0.3) is 0 Å². The van der Waals surface area contributed by atoms with Gasteiger partial charge in [-0.3, -0.25) is 0 Å². The number of nitrogens with two attached hydrogens (primary N) is 1. The minimum atomic E-state index is 0.0422. The van der Waals surface area contributed by atoms with Crippen LogP contribution in [0.15, 0.2) is 40.5 Å². The lowest BCUT2D eigenvalue weighted by Gasteiger charge is -2.12. The topological polar surface area (TPSA) is 88.1 Å². The number of hydrogen-bond acceptors (Lipinski definition) is 7. The molecule has 3 rings (SSSR count). The molecule has 0 aliphatic heterocycles. The van der Waals surface area contributed by atoms with E-state index in [-0.39, 0.29) is 12.1 Å². The Labute approximate surface area is 152 Å². The smallest absolute Gasteiger partial charge is 0.223 e. The first-order valence-electron chi connectivity index (χ1n) is 7.72. The molecule has 0 saturated carbocycles. The number of nitrogens with zero attached hydrogens (tertiary/aromatic N) is 4. The Bertz CT molecular complexity index is 873. The zero-order valence-electron chi connectivity index (χ0n) is 14.0. The summed E-state index contributed by atoms with van der Waals surface area (Å²) in [4.78, 5) is 14.2. The first kappa shape index (κ1) is 17.9. The Hall–Kier alpha value is -1.89. The van der Waals surface area contributed by atoms with E-state index in [4.69, 9.17) is 15.2 Å². The number of hydrogen-bond donors (Lipinski definition) is 1. The van der Waals surface area contributed by atoms with Crippen molar-refractivity contribution in [2.24, 2.45) is 0 Å². The van der Waals surface area contributed by atoms with Crippen molar-refractivity contribution in [2.75, 3.05) is 19.2 Å². The number of fused-ring (bicyclic) bond motifs is 1. The maximum atomic E-state index is 5.92. The predicted molar refractivity (Wildman–Crippen MR) is 102 cm³/mol. The van der Waals surface area contributed by atoms with Crippen molar-refractivity contribution < 1.29 is 9.47 Å². The summed E-state index contributed by atoms with van der Waals surface area (Å²) >= 11 is 1.48. The van der Waals surface area contributed by atoms with Crippen molar-refractivity contribution in [1.29, 1.82) is 0 Å². The summed E-state index contributed by atoms with van der Waals surface area (Å²) in [7, 11) is 4.20. The van der Waals surface area contributed by atoms with E-state index in [2.05, 4.69) is 24.2 Å². The van der Waals surface area contributed by atoms with Gasteiger partial charge in [-0.1, -0.05) is 17.8 Å². The zero-order valence-corrected chi connectivity index (χ0v) is 16.0. The third-order valence-corrected chi connectivity index (χ3v) is 4.70. The van der Waals surface area contributed by atoms with Gasteiger partial charge in [-0.2, -0.15) is 4.98 Å². The number of nitrogen functional groups attached to an aromatic ring is 1. The molecule has 2 heterocycles. The molecular weight excluding hydrogens is 357 g/mol. The number of methoxy groups -OCH3 is 1. The maximum Gasteiger partial charge on any atom is 0.223 e. The van der Waals surface area contributed by atoms with E-state index in [9.17, 15) is 0 Å². The van der Waals surface area contributed by atoms with Gasteiger partial charge >= 0.3 is 0 Å². The van der Waals surface area contributed by atoms with Gasteiger partial charge in [-0.25, -0.2) is 9.97 Å². The van der Waals surface area contributed by atoms with Gasteiger partial charge in [0.15, 0.2) is 5.65 Å². The molecule has 0 spiro atoms. The van der Waals surface area contributed by atoms with E-state index in [1.54, 1.807) is 13.4 Å². The van der Waals surface area contributed by atoms with E-state index >= 15 is 0 Å². The van der Waals surface area contributed by atoms with Gasteiger partial charge in [-0.05, 0) is 25.1 Å². The summed E-state index contributed by atoms with van der Waals surface area (Å²) in [6, 6.07) is 7.77. The van der Waals surface area contributed by atoms with Gasteiger partial charge in [0, 0.05) is 4.90 Å². The monoisotopic (exact) mass is 377 g/mol. The standard InChI is InChI=1S/C16H20N5O2PS/c1-10(23-9-24)7-21-8-18-13-14(21)19-16(17)20-15(13)25-12-5-3-4-11(6-12)22-2/h3-6,8,10H,7,9,24H2,1-2H3,(H2,17,19,20). The number of ether oxygens (including phenoxy) is 2. The first-order valence-corrected chi connectivity index (χ1v) is 9.36. The number of imidazole rings is 1. The molecule has 0 radical (unpaired) electrons. The van der Waals surface area contributed by atoms with Gasteiger partial charge in [0.1, 0.15) is 16.3 Å². The molecule has 3 aromatic rings. The Morgan fingerprint density at radius 2 is 2.20 bits per heavy atom. The van der Waals surface area contributed by atoms with Crippen molar-refractivity contribution >= 4 is 38.1 Å². The van der Waals surface area contributed by atoms with Gasteiger partial charge in [0.05, 0.1) is 32.4 Å². The second-order valence-electron chi connectivity index (χ2n) is 5.38. The molecule has 25 heavy (non-hydrogen) atoms. The third-order valence-electron chi connectivity index (χ3n) is 3.54. The lowest BCUT2D eigenvalue weighted by atomic mass is 10.3. The molecular formula is C16H20N5O2PS. The Balaban J connectivity index is 1.94. The van der Waals surface area contributed by atoms with E-state index in [0.717, 1.165) is 16.2 Å². The average molecular weight is 377 g/mol. The molecule has 2 aromatic heterocycles. The SMILES string of the molecule is COc1cccc(Sc2nc(N)nc3c2ncn3CC(C)OCP)c1. The Kier molecular flexibility index (Phi) is 5.73. The second-order valence-corrected chi connectivity index (χ2v) is 6.78. The van der Waals surface area contributed by atoms with Crippen molar-refractivity contribution in [3.63, 3.8) is 0 Å². The lowest BCUT2D eigenvalue weighted by molar-refractivity contribution is 0.0912. The second kappa shape index (κ2) is 7.99. The Morgan fingerprint density at radius 1 is 1.36 bits per heavy atom. The van der Waals surface area contributed by atoms with Crippen LogP contribution >= 0.6 is 21.0 Å². The molecule has 2 N–H and O–H groups in total. The highest BCUT2D eigenvalue weighted by Gasteiger charge is 2.15. The van der Waals surface area contributed by atoms with Crippen LogP contribution in [-0.2, 0) is 11.3 Å². The van der Waals surface area contributed by atoms with E-state index < -0.39 is 0 Å². The molecule has 0 aliphatic carbocycles. The maximum absolute atomic E-state index is 5.92. The molecule has 0 aliphatic rings. The molecule has 2 atom stereocenters. The minimum Gasteiger partial charge on any atom is -0.497 e. The molecule has 9 heteroatoms. The summed E-state index contributed by atoms with van der Waals surface area (Å²) in [5.74, 6) is 1.01. The van der Waals surface area contributed by atoms with Crippen LogP contribution < -0.4 is 10.5 Å². The van der Waals surface area contributed by atoms with Crippen LogP contribution in [0.3, 0.4) is 0 Å². The van der Waals surface area contributed by atoms with Crippen LogP contribution in [0.4, 0.5) is 5.95 Å². The Morgan fingerprint density at radius 3 is 2.96 bits per heavy atom. The van der Waals surface area contributed by atoms with Gasteiger partial charge in [0.2, 0.25) is 5.95 Å². The quantitative estimate of drug-likeness (QED) is 0.500. The molecule has 1 aromatic carbocycles. The van der Waals surface area contributed by atoms with Crippen LogP contribution in [0.5, 0.6) is 5.75 Å². The van der Waals surface area contributed by atoms with Crippen LogP contribution in [0.1, 0.15) is 6.92 Å². The van der Waals surface area contributed by atoms with Crippen LogP contribution in [0.2, 0.25) is 0 Å². The summed E-state index contributed by atoms with van der Waals surface area (Å²) in [6.07, 6.45) is 2.37.